The van der Waals surface area contributed by atoms with Gasteiger partial charge in [-0.15, -0.1) is 0 Å². The first-order chi connectivity index (χ1) is 11.0. The van der Waals surface area contributed by atoms with Gasteiger partial charge in [0, 0.05) is 32.1 Å². The molecule has 4 atom stereocenters. The molecule has 1 aliphatic heterocycles. The fourth-order valence-electron chi connectivity index (χ4n) is 3.95. The van der Waals surface area contributed by atoms with E-state index < -0.39 is 0 Å². The Kier molecular flexibility index (Phi) is 5.05. The molecular weight excluding hydrogens is 284 g/mol. The first-order valence-electron chi connectivity index (χ1n) is 9.09. The summed E-state index contributed by atoms with van der Waals surface area (Å²) in [6.07, 6.45) is 2.41. The van der Waals surface area contributed by atoms with Gasteiger partial charge in [0.05, 0.1) is 0 Å². The van der Waals surface area contributed by atoms with E-state index in [0.717, 1.165) is 24.8 Å². The Labute approximate surface area is 140 Å². The molecule has 0 aromatic heterocycles. The molecule has 2 fully saturated rings. The lowest BCUT2D eigenvalue weighted by Crippen LogP contribution is -2.38. The van der Waals surface area contributed by atoms with E-state index in [1.165, 1.54) is 30.6 Å². The summed E-state index contributed by atoms with van der Waals surface area (Å²) in [6.45, 7) is 11.0. The zero-order valence-corrected chi connectivity index (χ0v) is 14.7. The molecule has 2 aliphatic rings. The number of piperidine rings is 1. The maximum absolute atomic E-state index is 11.9. The van der Waals surface area contributed by atoms with Crippen LogP contribution < -0.4 is 5.32 Å². The van der Waals surface area contributed by atoms with Crippen molar-refractivity contribution < 1.29 is 4.79 Å². The largest absolute Gasteiger partial charge is 0.352 e. The Balaban J connectivity index is 1.48. The standard InChI is InChI=1S/C20H30N2O/c1-14-8-15(2)12-22(11-14)13-18-6-4-17(5-7-18)10-21-20(23)19-9-16(19)3/h4-7,14-16,19H,8-13H2,1-3H3,(H,21,23)/t14-,15+,16-,19-/m1/s1. The van der Waals surface area contributed by atoms with Crippen LogP contribution in [-0.4, -0.2) is 23.9 Å². The Hall–Kier alpha value is -1.35. The summed E-state index contributed by atoms with van der Waals surface area (Å²) >= 11 is 0. The molecule has 1 heterocycles. The number of hydrogen-bond donors (Lipinski definition) is 1. The van der Waals surface area contributed by atoms with Crippen LogP contribution >= 0.6 is 0 Å². The smallest absolute Gasteiger partial charge is 0.223 e. The predicted octanol–water partition coefficient (Wildman–Crippen LogP) is 3.44. The number of rotatable bonds is 5. The Morgan fingerprint density at radius 1 is 1.04 bits per heavy atom. The predicted molar refractivity (Wildman–Crippen MR) is 93.8 cm³/mol. The van der Waals surface area contributed by atoms with E-state index in [0.29, 0.717) is 12.5 Å². The number of nitrogens with zero attached hydrogens (tertiary/aromatic N) is 1. The topological polar surface area (TPSA) is 32.3 Å². The second kappa shape index (κ2) is 7.04. The van der Waals surface area contributed by atoms with Crippen molar-refractivity contribution in [2.24, 2.45) is 23.7 Å². The summed E-state index contributed by atoms with van der Waals surface area (Å²) in [7, 11) is 0. The van der Waals surface area contributed by atoms with Gasteiger partial charge in [-0.25, -0.2) is 0 Å². The van der Waals surface area contributed by atoms with Gasteiger partial charge in [0.1, 0.15) is 0 Å². The highest BCUT2D eigenvalue weighted by molar-refractivity contribution is 5.81. The van der Waals surface area contributed by atoms with E-state index in [1.54, 1.807) is 0 Å². The monoisotopic (exact) mass is 314 g/mol. The molecule has 1 aliphatic carbocycles. The summed E-state index contributed by atoms with van der Waals surface area (Å²) < 4.78 is 0. The summed E-state index contributed by atoms with van der Waals surface area (Å²) in [4.78, 5) is 14.4. The van der Waals surface area contributed by atoms with Crippen LogP contribution in [0.5, 0.6) is 0 Å². The van der Waals surface area contributed by atoms with Gasteiger partial charge in [0.2, 0.25) is 5.91 Å². The number of likely N-dealkylation sites (tertiary alicyclic amines) is 1. The van der Waals surface area contributed by atoms with Crippen LogP contribution in [0.15, 0.2) is 24.3 Å². The van der Waals surface area contributed by atoms with Crippen LogP contribution in [0.2, 0.25) is 0 Å². The van der Waals surface area contributed by atoms with Gasteiger partial charge in [0.25, 0.3) is 0 Å². The molecule has 1 aromatic rings. The van der Waals surface area contributed by atoms with Gasteiger partial charge in [-0.1, -0.05) is 45.0 Å². The highest BCUT2D eigenvalue weighted by atomic mass is 16.2. The third kappa shape index (κ3) is 4.57. The third-order valence-corrected chi connectivity index (χ3v) is 5.29. The number of carbonyl (C=O) groups is 1. The molecule has 0 bridgehead atoms. The Morgan fingerprint density at radius 2 is 1.61 bits per heavy atom. The zero-order valence-electron chi connectivity index (χ0n) is 14.7. The number of carbonyl (C=O) groups excluding carboxylic acids is 1. The summed E-state index contributed by atoms with van der Waals surface area (Å²) in [5.41, 5.74) is 2.56. The summed E-state index contributed by atoms with van der Waals surface area (Å²) in [6, 6.07) is 8.74. The lowest BCUT2D eigenvalue weighted by Gasteiger charge is -2.35. The minimum Gasteiger partial charge on any atom is -0.352 e. The number of nitrogens with one attached hydrogen (secondary N) is 1. The van der Waals surface area contributed by atoms with Crippen molar-refractivity contribution in [2.45, 2.75) is 46.7 Å². The highest BCUT2D eigenvalue weighted by Crippen LogP contribution is 2.37. The van der Waals surface area contributed by atoms with Gasteiger partial charge in [-0.05, 0) is 41.7 Å². The molecule has 23 heavy (non-hydrogen) atoms. The fraction of sp³-hybridized carbons (Fsp3) is 0.650. The van der Waals surface area contributed by atoms with E-state index >= 15 is 0 Å². The van der Waals surface area contributed by atoms with E-state index in [-0.39, 0.29) is 11.8 Å². The number of hydrogen-bond acceptors (Lipinski definition) is 2. The van der Waals surface area contributed by atoms with Crippen LogP contribution in [0.1, 0.15) is 44.7 Å². The van der Waals surface area contributed by atoms with Crippen molar-refractivity contribution in [3.05, 3.63) is 35.4 Å². The molecule has 1 saturated carbocycles. The van der Waals surface area contributed by atoms with Gasteiger partial charge in [0.15, 0.2) is 0 Å². The second-order valence-corrected chi connectivity index (χ2v) is 7.99. The van der Waals surface area contributed by atoms with Gasteiger partial charge >= 0.3 is 0 Å². The highest BCUT2D eigenvalue weighted by Gasteiger charge is 2.38. The molecule has 1 amide bonds. The van der Waals surface area contributed by atoms with Crippen molar-refractivity contribution in [1.82, 2.24) is 10.2 Å². The average Bonchev–Trinajstić information content (AvgIpc) is 3.22. The van der Waals surface area contributed by atoms with Crippen LogP contribution in [0.25, 0.3) is 0 Å². The minimum atomic E-state index is 0.220. The van der Waals surface area contributed by atoms with E-state index in [9.17, 15) is 4.79 Å². The van der Waals surface area contributed by atoms with Crippen molar-refractivity contribution in [2.75, 3.05) is 13.1 Å². The molecule has 1 aromatic carbocycles. The van der Waals surface area contributed by atoms with Gasteiger partial charge in [-0.2, -0.15) is 0 Å². The fourth-order valence-corrected chi connectivity index (χ4v) is 3.95. The molecule has 3 heteroatoms. The van der Waals surface area contributed by atoms with Crippen LogP contribution in [0, 0.1) is 23.7 Å². The van der Waals surface area contributed by atoms with Crippen LogP contribution in [-0.2, 0) is 17.9 Å². The van der Waals surface area contributed by atoms with Crippen molar-refractivity contribution in [3.63, 3.8) is 0 Å². The summed E-state index contributed by atoms with van der Waals surface area (Å²) in [5, 5.41) is 3.05. The summed E-state index contributed by atoms with van der Waals surface area (Å²) in [5.74, 6) is 2.66. The molecule has 3 nitrogen and oxygen atoms in total. The quantitative estimate of drug-likeness (QED) is 0.903. The molecule has 0 radical (unpaired) electrons. The first-order valence-corrected chi connectivity index (χ1v) is 9.09. The van der Waals surface area contributed by atoms with Crippen molar-refractivity contribution >= 4 is 5.91 Å². The van der Waals surface area contributed by atoms with Crippen LogP contribution in [0.3, 0.4) is 0 Å². The second-order valence-electron chi connectivity index (χ2n) is 7.99. The minimum absolute atomic E-state index is 0.220. The van der Waals surface area contributed by atoms with Crippen molar-refractivity contribution in [1.29, 1.82) is 0 Å². The number of benzene rings is 1. The van der Waals surface area contributed by atoms with E-state index in [1.807, 2.05) is 0 Å². The van der Waals surface area contributed by atoms with Gasteiger partial charge < -0.3 is 5.32 Å². The normalized spacial score (nSPS) is 30.9. The molecular formula is C20H30N2O. The lowest BCUT2D eigenvalue weighted by molar-refractivity contribution is -0.122. The molecule has 0 unspecified atom stereocenters. The Morgan fingerprint density at radius 3 is 2.17 bits per heavy atom. The van der Waals surface area contributed by atoms with Crippen LogP contribution in [0.4, 0.5) is 0 Å². The molecule has 1 N–H and O–H groups in total. The SMILES string of the molecule is C[C@@H]1C[C@H](C)CN(Cc2ccc(CNC(=O)[C@@H]3C[C@H]3C)cc2)C1. The third-order valence-electron chi connectivity index (χ3n) is 5.29. The van der Waals surface area contributed by atoms with Gasteiger partial charge in [-0.3, -0.25) is 9.69 Å². The first kappa shape index (κ1) is 16.5. The molecule has 126 valence electrons. The molecule has 1 saturated heterocycles. The molecule has 0 spiro atoms. The average molecular weight is 314 g/mol. The Bertz CT molecular complexity index is 529. The maximum Gasteiger partial charge on any atom is 0.223 e. The van der Waals surface area contributed by atoms with E-state index in [4.69, 9.17) is 0 Å². The maximum atomic E-state index is 11.9. The molecule has 3 rings (SSSR count). The zero-order chi connectivity index (χ0) is 16.4. The van der Waals surface area contributed by atoms with E-state index in [2.05, 4.69) is 55.3 Å². The lowest BCUT2D eigenvalue weighted by atomic mass is 9.91. The number of amides is 1. The van der Waals surface area contributed by atoms with Crippen molar-refractivity contribution in [3.8, 4) is 0 Å².